The molecule has 31 heavy (non-hydrogen) atoms. The molecule has 4 rings (SSSR count). The van der Waals surface area contributed by atoms with Gasteiger partial charge in [-0.3, -0.25) is 13.9 Å². The van der Waals surface area contributed by atoms with Gasteiger partial charge in [0, 0.05) is 24.3 Å². The van der Waals surface area contributed by atoms with E-state index >= 15 is 0 Å². The number of nitrogens with zero attached hydrogens (tertiary/aromatic N) is 2. The summed E-state index contributed by atoms with van der Waals surface area (Å²) in [6.45, 7) is 4.18. The van der Waals surface area contributed by atoms with E-state index in [4.69, 9.17) is 0 Å². The molecule has 0 saturated carbocycles. The fourth-order valence-corrected chi connectivity index (χ4v) is 6.18. The van der Waals surface area contributed by atoms with Crippen molar-refractivity contribution in [2.24, 2.45) is 0 Å². The van der Waals surface area contributed by atoms with Crippen LogP contribution < -0.4 is 15.2 Å². The van der Waals surface area contributed by atoms with E-state index in [9.17, 15) is 23.1 Å². The first kappa shape index (κ1) is 21.3. The second kappa shape index (κ2) is 7.97. The van der Waals surface area contributed by atoms with Gasteiger partial charge < -0.3 is 15.4 Å². The Bertz CT molecular complexity index is 1340. The van der Waals surface area contributed by atoms with Crippen LogP contribution in [0.3, 0.4) is 0 Å². The average molecular weight is 463 g/mol. The molecule has 1 aromatic carbocycles. The van der Waals surface area contributed by atoms with Crippen molar-refractivity contribution in [3.63, 3.8) is 0 Å². The van der Waals surface area contributed by atoms with Gasteiger partial charge in [-0.25, -0.2) is 13.4 Å². The number of phenols is 1. The van der Waals surface area contributed by atoms with Gasteiger partial charge in [0.25, 0.3) is 5.56 Å². The Balaban J connectivity index is 1.48. The number of amides is 1. The highest BCUT2D eigenvalue weighted by Crippen LogP contribution is 2.32. The number of aryl methyl sites for hydroxylation is 3. The monoisotopic (exact) mass is 462 g/mol. The maximum absolute atomic E-state index is 12.4. The molecule has 1 aliphatic rings. The number of carbonyl (C=O) groups is 1. The van der Waals surface area contributed by atoms with Crippen molar-refractivity contribution >= 4 is 48.9 Å². The Hall–Kier alpha value is -2.92. The maximum Gasteiger partial charge on any atom is 0.259 e. The minimum absolute atomic E-state index is 0.0312. The largest absolute Gasteiger partial charge is 0.506 e. The third-order valence-corrected chi connectivity index (χ3v) is 8.29. The van der Waals surface area contributed by atoms with Crippen molar-refractivity contribution in [1.29, 1.82) is 0 Å². The predicted molar refractivity (Wildman–Crippen MR) is 121 cm³/mol. The zero-order valence-electron chi connectivity index (χ0n) is 17.1. The van der Waals surface area contributed by atoms with Crippen molar-refractivity contribution in [3.05, 3.63) is 44.8 Å². The number of nitrogens with one attached hydrogen (secondary N) is 2. The van der Waals surface area contributed by atoms with Gasteiger partial charge in [-0.2, -0.15) is 0 Å². The number of aromatic hydroxyl groups is 1. The second-order valence-electron chi connectivity index (χ2n) is 7.47. The van der Waals surface area contributed by atoms with Gasteiger partial charge in [-0.1, -0.05) is 0 Å². The van der Waals surface area contributed by atoms with Crippen LogP contribution in [0.5, 0.6) is 5.75 Å². The van der Waals surface area contributed by atoms with Gasteiger partial charge in [0.1, 0.15) is 16.4 Å². The molecule has 1 saturated heterocycles. The highest BCUT2D eigenvalue weighted by Gasteiger charge is 2.29. The van der Waals surface area contributed by atoms with E-state index in [1.54, 1.807) is 0 Å². The summed E-state index contributed by atoms with van der Waals surface area (Å²) in [5, 5.41) is 13.3. The molecule has 3 aromatic rings. The summed E-state index contributed by atoms with van der Waals surface area (Å²) in [4.78, 5) is 33.6. The Morgan fingerprint density at radius 1 is 1.35 bits per heavy atom. The van der Waals surface area contributed by atoms with E-state index in [-0.39, 0.29) is 35.6 Å². The van der Waals surface area contributed by atoms with Gasteiger partial charge in [0.05, 0.1) is 22.5 Å². The first-order valence-electron chi connectivity index (χ1n) is 9.78. The molecule has 164 valence electrons. The molecule has 9 nitrogen and oxygen atoms in total. The van der Waals surface area contributed by atoms with Crippen molar-refractivity contribution < 1.29 is 18.3 Å². The molecule has 11 heteroatoms. The van der Waals surface area contributed by atoms with Crippen LogP contribution in [0, 0.1) is 13.8 Å². The summed E-state index contributed by atoms with van der Waals surface area (Å²) < 4.78 is 25.5. The number of phenolic OH excluding ortho intramolecular Hbond substituents is 1. The van der Waals surface area contributed by atoms with E-state index < -0.39 is 15.9 Å². The number of carbonyl (C=O) groups excluding carboxylic acids is 1. The number of hydrogen-bond donors (Lipinski definition) is 3. The highest BCUT2D eigenvalue weighted by molar-refractivity contribution is 7.93. The normalized spacial score (nSPS) is 15.5. The number of thiophene rings is 1. The number of aromatic amines is 1. The third kappa shape index (κ3) is 4.15. The summed E-state index contributed by atoms with van der Waals surface area (Å²) in [6, 6.07) is 4.30. The van der Waals surface area contributed by atoms with Gasteiger partial charge in [-0.05, 0) is 44.0 Å². The van der Waals surface area contributed by atoms with Crippen LogP contribution in [0.1, 0.15) is 29.1 Å². The van der Waals surface area contributed by atoms with Gasteiger partial charge in [0.15, 0.2) is 0 Å². The molecule has 1 fully saturated rings. The lowest BCUT2D eigenvalue weighted by Crippen LogP contribution is -2.25. The van der Waals surface area contributed by atoms with Crippen LogP contribution in [-0.2, 0) is 21.2 Å². The number of aromatic nitrogens is 2. The van der Waals surface area contributed by atoms with E-state index in [2.05, 4.69) is 15.3 Å². The molecule has 0 bridgehead atoms. The molecule has 1 aliphatic heterocycles. The van der Waals surface area contributed by atoms with E-state index in [1.165, 1.54) is 33.8 Å². The number of anilines is 2. The molecule has 0 spiro atoms. The number of fused-ring (bicyclic) bond motifs is 1. The van der Waals surface area contributed by atoms with Crippen molar-refractivity contribution in [3.8, 4) is 5.75 Å². The molecule has 2 aromatic heterocycles. The van der Waals surface area contributed by atoms with Gasteiger partial charge in [-0.15, -0.1) is 11.3 Å². The molecule has 3 heterocycles. The maximum atomic E-state index is 12.4. The molecular formula is C20H22N4O5S2. The molecule has 0 radical (unpaired) electrons. The quantitative estimate of drug-likeness (QED) is 0.499. The number of sulfonamides is 1. The lowest BCUT2D eigenvalue weighted by Gasteiger charge is -2.18. The minimum atomic E-state index is -3.37. The second-order valence-corrected chi connectivity index (χ2v) is 10.7. The fourth-order valence-electron chi connectivity index (χ4n) is 3.57. The standard InChI is InChI=1S/C20H22N4O5S2/c1-11-12(2)30-20-18(11)19(27)22-16(23-20)6-7-17(26)21-14-10-13(4-5-15(14)25)24-8-3-9-31(24,28)29/h4-5,10,25H,3,6-9H2,1-2H3,(H,21,26)(H,22,23,27). The minimum Gasteiger partial charge on any atom is -0.506 e. The smallest absolute Gasteiger partial charge is 0.259 e. The Morgan fingerprint density at radius 2 is 2.13 bits per heavy atom. The van der Waals surface area contributed by atoms with Crippen LogP contribution in [0.4, 0.5) is 11.4 Å². The topological polar surface area (TPSA) is 132 Å². The SMILES string of the molecule is Cc1sc2nc(CCC(=O)Nc3cc(N4CCCS4(=O)=O)ccc3O)[nH]c(=O)c2c1C. The molecule has 3 N–H and O–H groups in total. The molecule has 0 aliphatic carbocycles. The lowest BCUT2D eigenvalue weighted by atomic mass is 10.2. The van der Waals surface area contributed by atoms with E-state index in [0.29, 0.717) is 34.7 Å². The highest BCUT2D eigenvalue weighted by atomic mass is 32.2. The van der Waals surface area contributed by atoms with Crippen molar-refractivity contribution in [1.82, 2.24) is 9.97 Å². The van der Waals surface area contributed by atoms with Gasteiger partial charge >= 0.3 is 0 Å². The summed E-state index contributed by atoms with van der Waals surface area (Å²) in [7, 11) is -3.37. The summed E-state index contributed by atoms with van der Waals surface area (Å²) in [5.41, 5.74) is 1.21. The van der Waals surface area contributed by atoms with Crippen molar-refractivity contribution in [2.45, 2.75) is 33.1 Å². The number of benzene rings is 1. The summed E-state index contributed by atoms with van der Waals surface area (Å²) in [5.74, 6) is -0.0618. The number of rotatable bonds is 5. The van der Waals surface area contributed by atoms with Crippen LogP contribution >= 0.6 is 11.3 Å². The Morgan fingerprint density at radius 3 is 2.84 bits per heavy atom. The first-order valence-corrected chi connectivity index (χ1v) is 12.2. The van der Waals surface area contributed by atoms with Crippen LogP contribution in [-0.4, -0.2) is 41.7 Å². The zero-order chi connectivity index (χ0) is 22.3. The first-order chi connectivity index (χ1) is 14.7. The Labute approximate surface area is 182 Å². The van der Waals surface area contributed by atoms with E-state index in [0.717, 1.165) is 10.4 Å². The molecule has 0 atom stereocenters. The molecule has 0 unspecified atom stereocenters. The fraction of sp³-hybridized carbons (Fsp3) is 0.350. The van der Waals surface area contributed by atoms with Crippen LogP contribution in [0.15, 0.2) is 23.0 Å². The predicted octanol–water partition coefficient (Wildman–Crippen LogP) is 2.42. The van der Waals surface area contributed by atoms with Crippen LogP contribution in [0.2, 0.25) is 0 Å². The molecular weight excluding hydrogens is 440 g/mol. The van der Waals surface area contributed by atoms with Gasteiger partial charge in [0.2, 0.25) is 15.9 Å². The zero-order valence-corrected chi connectivity index (χ0v) is 18.7. The van der Waals surface area contributed by atoms with Crippen molar-refractivity contribution in [2.75, 3.05) is 21.9 Å². The lowest BCUT2D eigenvalue weighted by molar-refractivity contribution is -0.116. The third-order valence-electron chi connectivity index (χ3n) is 5.32. The van der Waals surface area contributed by atoms with E-state index in [1.807, 2.05) is 13.8 Å². The van der Waals surface area contributed by atoms with Crippen LogP contribution in [0.25, 0.3) is 10.2 Å². The average Bonchev–Trinajstić information content (AvgIpc) is 3.20. The number of H-pyrrole nitrogens is 1. The summed E-state index contributed by atoms with van der Waals surface area (Å²) in [6.07, 6.45) is 0.779. The number of hydrogen-bond acceptors (Lipinski definition) is 7. The summed E-state index contributed by atoms with van der Waals surface area (Å²) >= 11 is 1.44. The molecule has 1 amide bonds. The Kier molecular flexibility index (Phi) is 5.48.